The second-order valence-corrected chi connectivity index (χ2v) is 11.9. The van der Waals surface area contributed by atoms with Crippen LogP contribution >= 0.6 is 22.9 Å². The zero-order chi connectivity index (χ0) is 26.2. The second-order valence-electron chi connectivity index (χ2n) is 8.89. The molecule has 1 aliphatic heterocycles. The van der Waals surface area contributed by atoms with Gasteiger partial charge in [0.1, 0.15) is 11.9 Å². The first-order valence-corrected chi connectivity index (χ1v) is 14.4. The molecule has 194 valence electrons. The Kier molecular flexibility index (Phi) is 7.22. The van der Waals surface area contributed by atoms with E-state index in [0.717, 1.165) is 35.2 Å². The zero-order valence-electron chi connectivity index (χ0n) is 20.7. The minimum absolute atomic E-state index is 0.00176. The normalized spacial score (nSPS) is 16.2. The summed E-state index contributed by atoms with van der Waals surface area (Å²) in [4.78, 5) is 2.25. The lowest BCUT2D eigenvalue weighted by molar-refractivity contribution is 0.208. The average molecular weight is 559 g/mol. The number of hydrogen-bond donors (Lipinski definition) is 1. The van der Waals surface area contributed by atoms with E-state index in [-0.39, 0.29) is 11.0 Å². The van der Waals surface area contributed by atoms with E-state index in [1.807, 2.05) is 36.7 Å². The van der Waals surface area contributed by atoms with Crippen LogP contribution in [0.15, 0.2) is 64.9 Å². The van der Waals surface area contributed by atoms with Crippen LogP contribution in [0.3, 0.4) is 0 Å². The Balaban J connectivity index is 1.56. The molecule has 3 aromatic carbocycles. The molecule has 7 nitrogen and oxygen atoms in total. The van der Waals surface area contributed by atoms with E-state index < -0.39 is 10.0 Å². The maximum absolute atomic E-state index is 13.8. The summed E-state index contributed by atoms with van der Waals surface area (Å²) in [5, 5.41) is 3.44. The van der Waals surface area contributed by atoms with Crippen molar-refractivity contribution >= 4 is 48.7 Å². The molecule has 1 aromatic heterocycles. The molecule has 0 saturated carbocycles. The molecule has 1 fully saturated rings. The molecule has 1 saturated heterocycles. The van der Waals surface area contributed by atoms with Crippen LogP contribution in [0.4, 0.5) is 5.69 Å². The van der Waals surface area contributed by atoms with Crippen LogP contribution in [0.25, 0.3) is 21.2 Å². The predicted octanol–water partition coefficient (Wildman–Crippen LogP) is 6.12. The summed E-state index contributed by atoms with van der Waals surface area (Å²) in [6, 6.07) is 15.9. The fourth-order valence-electron chi connectivity index (χ4n) is 4.54. The van der Waals surface area contributed by atoms with Crippen molar-refractivity contribution in [3.05, 3.63) is 65.0 Å². The zero-order valence-corrected chi connectivity index (χ0v) is 23.0. The summed E-state index contributed by atoms with van der Waals surface area (Å²) in [5.41, 5.74) is 1.65. The van der Waals surface area contributed by atoms with Gasteiger partial charge in [0.15, 0.2) is 11.5 Å². The number of hydrogen-bond acceptors (Lipinski definition) is 7. The standard InChI is InChI=1S/C27H27ClN2O5S2/c1-30-11-9-19(16-30)35-23-13-18(7-8-22(23)28)29-37(31,32)26-15-25(34-3)24(33-2)14-21(26)20-6-4-5-17-10-12-36-27(17)20/h4-8,10,12-15,19,29H,9,11,16H2,1-3H3. The van der Waals surface area contributed by atoms with Crippen molar-refractivity contribution in [2.45, 2.75) is 17.4 Å². The first kappa shape index (κ1) is 25.7. The molecule has 5 rings (SSSR count). The van der Waals surface area contributed by atoms with Gasteiger partial charge in [0.25, 0.3) is 10.0 Å². The Labute approximate surface area is 225 Å². The molecule has 10 heteroatoms. The first-order chi connectivity index (χ1) is 17.8. The predicted molar refractivity (Wildman–Crippen MR) is 149 cm³/mol. The molecule has 0 radical (unpaired) electrons. The number of likely N-dealkylation sites (N-methyl/N-ethyl adjacent to an activating group) is 1. The number of nitrogens with zero attached hydrogens (tertiary/aromatic N) is 1. The van der Waals surface area contributed by atoms with Crippen molar-refractivity contribution in [2.24, 2.45) is 0 Å². The van der Waals surface area contributed by atoms with E-state index in [0.29, 0.717) is 33.5 Å². The van der Waals surface area contributed by atoms with Gasteiger partial charge in [-0.2, -0.15) is 0 Å². The van der Waals surface area contributed by atoms with Crippen molar-refractivity contribution in [1.29, 1.82) is 0 Å². The van der Waals surface area contributed by atoms with Gasteiger partial charge in [-0.15, -0.1) is 11.3 Å². The third-order valence-electron chi connectivity index (χ3n) is 6.37. The van der Waals surface area contributed by atoms with Gasteiger partial charge in [0.05, 0.1) is 29.8 Å². The number of thiophene rings is 1. The Bertz CT molecular complexity index is 1550. The highest BCUT2D eigenvalue weighted by molar-refractivity contribution is 7.92. The number of rotatable bonds is 8. The van der Waals surface area contributed by atoms with Crippen LogP contribution in [-0.2, 0) is 10.0 Å². The van der Waals surface area contributed by atoms with Gasteiger partial charge in [-0.05, 0) is 48.5 Å². The largest absolute Gasteiger partial charge is 0.493 e. The molecular formula is C27H27ClN2O5S2. The summed E-state index contributed by atoms with van der Waals surface area (Å²) in [6.45, 7) is 1.73. The third kappa shape index (κ3) is 5.22. The molecule has 1 unspecified atom stereocenters. The minimum atomic E-state index is -4.05. The van der Waals surface area contributed by atoms with Crippen LogP contribution in [0.1, 0.15) is 6.42 Å². The number of fused-ring (bicyclic) bond motifs is 1. The van der Waals surface area contributed by atoms with E-state index >= 15 is 0 Å². The molecule has 2 heterocycles. The van der Waals surface area contributed by atoms with Gasteiger partial charge in [-0.3, -0.25) is 4.72 Å². The van der Waals surface area contributed by atoms with E-state index in [2.05, 4.69) is 9.62 Å². The van der Waals surface area contributed by atoms with E-state index in [1.54, 1.807) is 35.6 Å². The number of halogens is 1. The molecule has 0 aliphatic carbocycles. The highest BCUT2D eigenvalue weighted by atomic mass is 35.5. The van der Waals surface area contributed by atoms with Crippen molar-refractivity contribution < 1.29 is 22.6 Å². The molecule has 1 atom stereocenters. The Morgan fingerprint density at radius 2 is 1.78 bits per heavy atom. The molecule has 0 bridgehead atoms. The van der Waals surface area contributed by atoms with Gasteiger partial charge in [-0.1, -0.05) is 29.8 Å². The molecule has 37 heavy (non-hydrogen) atoms. The van der Waals surface area contributed by atoms with Crippen LogP contribution in [0.2, 0.25) is 5.02 Å². The van der Waals surface area contributed by atoms with Gasteiger partial charge in [-0.25, -0.2) is 8.42 Å². The van der Waals surface area contributed by atoms with E-state index in [9.17, 15) is 8.42 Å². The average Bonchev–Trinajstić information content (AvgIpc) is 3.53. The summed E-state index contributed by atoms with van der Waals surface area (Å²) < 4.78 is 48.4. The minimum Gasteiger partial charge on any atom is -0.493 e. The van der Waals surface area contributed by atoms with Gasteiger partial charge in [0, 0.05) is 41.0 Å². The smallest absolute Gasteiger partial charge is 0.262 e. The van der Waals surface area contributed by atoms with Crippen LogP contribution in [0.5, 0.6) is 17.2 Å². The number of methoxy groups -OCH3 is 2. The summed E-state index contributed by atoms with van der Waals surface area (Å²) in [6.07, 6.45) is 0.879. The fraction of sp³-hybridized carbons (Fsp3) is 0.259. The van der Waals surface area contributed by atoms with Crippen molar-refractivity contribution in [3.8, 4) is 28.4 Å². The van der Waals surface area contributed by atoms with Crippen LogP contribution < -0.4 is 18.9 Å². The quantitative estimate of drug-likeness (QED) is 0.281. The van der Waals surface area contributed by atoms with E-state index in [1.165, 1.54) is 20.3 Å². The summed E-state index contributed by atoms with van der Waals surface area (Å²) in [5.74, 6) is 1.20. The number of anilines is 1. The lowest BCUT2D eigenvalue weighted by Crippen LogP contribution is -2.21. The molecule has 0 amide bonds. The monoisotopic (exact) mass is 558 g/mol. The third-order valence-corrected chi connectivity index (χ3v) is 9.07. The van der Waals surface area contributed by atoms with Crippen molar-refractivity contribution in [3.63, 3.8) is 0 Å². The lowest BCUT2D eigenvalue weighted by atomic mass is 10.0. The summed E-state index contributed by atoms with van der Waals surface area (Å²) >= 11 is 7.93. The number of nitrogens with one attached hydrogen (secondary N) is 1. The van der Waals surface area contributed by atoms with E-state index in [4.69, 9.17) is 25.8 Å². The number of ether oxygens (including phenoxy) is 3. The SMILES string of the molecule is COc1cc(-c2cccc3ccsc23)c(S(=O)(=O)Nc2ccc(Cl)c(OC3CCN(C)C3)c2)cc1OC. The molecule has 1 aliphatic rings. The maximum atomic E-state index is 13.8. The molecule has 0 spiro atoms. The Morgan fingerprint density at radius 1 is 1.00 bits per heavy atom. The number of sulfonamides is 1. The van der Waals surface area contributed by atoms with Crippen molar-refractivity contribution in [1.82, 2.24) is 4.90 Å². The Hall–Kier alpha value is -2.98. The van der Waals surface area contributed by atoms with Crippen LogP contribution in [-0.4, -0.2) is 53.8 Å². The maximum Gasteiger partial charge on any atom is 0.262 e. The van der Waals surface area contributed by atoms with Crippen molar-refractivity contribution in [2.75, 3.05) is 39.1 Å². The molecular weight excluding hydrogens is 532 g/mol. The highest BCUT2D eigenvalue weighted by Crippen LogP contribution is 2.42. The van der Waals surface area contributed by atoms with Gasteiger partial charge < -0.3 is 19.1 Å². The second kappa shape index (κ2) is 10.4. The Morgan fingerprint density at radius 3 is 2.51 bits per heavy atom. The molecule has 4 aromatic rings. The number of likely N-dealkylation sites (tertiary alicyclic amines) is 1. The highest BCUT2D eigenvalue weighted by Gasteiger charge is 2.26. The lowest BCUT2D eigenvalue weighted by Gasteiger charge is -2.18. The topological polar surface area (TPSA) is 77.1 Å². The van der Waals surface area contributed by atoms with Gasteiger partial charge in [0.2, 0.25) is 0 Å². The van der Waals surface area contributed by atoms with Gasteiger partial charge >= 0.3 is 0 Å². The summed E-state index contributed by atoms with van der Waals surface area (Å²) in [7, 11) is 0.982. The van der Waals surface area contributed by atoms with Crippen LogP contribution in [0, 0.1) is 0 Å². The molecule has 1 N–H and O–H groups in total. The first-order valence-electron chi connectivity index (χ1n) is 11.7. The number of benzene rings is 3. The fourth-order valence-corrected chi connectivity index (χ4v) is 6.89.